The molecule has 0 radical (unpaired) electrons. The van der Waals surface area contributed by atoms with Crippen LogP contribution in [-0.2, 0) is 6.42 Å². The molecule has 2 N–H and O–H groups in total. The molecule has 1 aliphatic heterocycles. The molecule has 1 aromatic heterocycles. The van der Waals surface area contributed by atoms with Crippen LogP contribution < -0.4 is 15.2 Å². The van der Waals surface area contributed by atoms with E-state index in [9.17, 15) is 14.4 Å². The molecule has 4 aromatic rings. The molecular weight excluding hydrogens is 447 g/mol. The predicted octanol–water partition coefficient (Wildman–Crippen LogP) is 5.88. The zero-order chi connectivity index (χ0) is 24.7. The molecular formula is C28H21FN2O4. The van der Waals surface area contributed by atoms with Crippen molar-refractivity contribution in [3.05, 3.63) is 106 Å². The molecule has 0 bridgehead atoms. The fourth-order valence-electron chi connectivity index (χ4n) is 4.33. The monoisotopic (exact) mass is 468 g/mol. The summed E-state index contributed by atoms with van der Waals surface area (Å²) in [5.74, 6) is -0.919. The number of aryl methyl sites for hydroxylation is 2. The second-order valence-electron chi connectivity index (χ2n) is 8.31. The Labute approximate surface area is 201 Å². The molecule has 35 heavy (non-hydrogen) atoms. The maximum Gasteiger partial charge on any atom is 0.379 e. The van der Waals surface area contributed by atoms with Crippen LogP contribution in [0.5, 0.6) is 11.5 Å². The van der Waals surface area contributed by atoms with Crippen LogP contribution in [0.3, 0.4) is 0 Å². The van der Waals surface area contributed by atoms with Gasteiger partial charge in [-0.2, -0.15) is 5.26 Å². The first-order valence-corrected chi connectivity index (χ1v) is 11.1. The van der Waals surface area contributed by atoms with Crippen LogP contribution in [0.1, 0.15) is 45.7 Å². The SMILES string of the molecule is CCc1ccc2oc(C(=O)Oc3ccc4c(c3)OC(N)=C(C#N)C4c3ccc(F)cc3)c(C)c2c1. The van der Waals surface area contributed by atoms with E-state index in [0.717, 1.165) is 17.4 Å². The number of fused-ring (bicyclic) bond motifs is 2. The molecule has 174 valence electrons. The summed E-state index contributed by atoms with van der Waals surface area (Å²) in [6, 6.07) is 18.6. The van der Waals surface area contributed by atoms with Gasteiger partial charge < -0.3 is 19.6 Å². The van der Waals surface area contributed by atoms with Gasteiger partial charge in [-0.3, -0.25) is 0 Å². The number of carbonyl (C=O) groups excluding carboxylic acids is 1. The van der Waals surface area contributed by atoms with Crippen LogP contribution in [-0.4, -0.2) is 5.97 Å². The molecule has 1 unspecified atom stereocenters. The Balaban J connectivity index is 1.48. The van der Waals surface area contributed by atoms with Gasteiger partial charge in [-0.25, -0.2) is 9.18 Å². The maximum atomic E-state index is 13.5. The van der Waals surface area contributed by atoms with Crippen LogP contribution in [0.4, 0.5) is 4.39 Å². The molecule has 0 fully saturated rings. The van der Waals surface area contributed by atoms with Gasteiger partial charge in [-0.1, -0.05) is 31.2 Å². The Kier molecular flexibility index (Phi) is 5.50. The van der Waals surface area contributed by atoms with Gasteiger partial charge in [-0.15, -0.1) is 0 Å². The number of nitrogens with zero attached hydrogens (tertiary/aromatic N) is 1. The van der Waals surface area contributed by atoms with Gasteiger partial charge in [0.05, 0.1) is 5.92 Å². The molecule has 0 saturated carbocycles. The standard InChI is InChI=1S/C28H21FN2O4/c1-3-16-4-11-23-21(12-16)15(2)26(34-23)28(32)33-19-9-10-20-24(13-19)35-27(31)22(14-30)25(20)17-5-7-18(29)8-6-17/h4-13,25H,3,31H2,1-2H3. The van der Waals surface area contributed by atoms with Crippen LogP contribution in [0.15, 0.2) is 76.5 Å². The average Bonchev–Trinajstić information content (AvgIpc) is 3.19. The Morgan fingerprint density at radius 2 is 1.91 bits per heavy atom. The molecule has 3 aromatic carbocycles. The highest BCUT2D eigenvalue weighted by atomic mass is 19.1. The summed E-state index contributed by atoms with van der Waals surface area (Å²) < 4.78 is 30.5. The number of hydrogen-bond donors (Lipinski definition) is 1. The summed E-state index contributed by atoms with van der Waals surface area (Å²) in [6.07, 6.45) is 0.874. The number of carbonyl (C=O) groups is 1. The number of hydrogen-bond acceptors (Lipinski definition) is 6. The molecule has 1 atom stereocenters. The quantitative estimate of drug-likeness (QED) is 0.297. The van der Waals surface area contributed by atoms with Gasteiger partial charge >= 0.3 is 5.97 Å². The van der Waals surface area contributed by atoms with Gasteiger partial charge in [0, 0.05) is 22.6 Å². The number of ether oxygens (including phenoxy) is 2. The minimum absolute atomic E-state index is 0.0577. The van der Waals surface area contributed by atoms with E-state index in [-0.39, 0.29) is 28.8 Å². The number of halogens is 1. The third kappa shape index (κ3) is 3.89. The fraction of sp³-hybridized carbons (Fsp3) is 0.143. The fourth-order valence-corrected chi connectivity index (χ4v) is 4.33. The molecule has 1 aliphatic rings. The van der Waals surface area contributed by atoms with Crippen molar-refractivity contribution in [1.82, 2.24) is 0 Å². The van der Waals surface area contributed by atoms with Crippen LogP contribution in [0.25, 0.3) is 11.0 Å². The highest BCUT2D eigenvalue weighted by Gasteiger charge is 2.31. The molecule has 7 heteroatoms. The summed E-state index contributed by atoms with van der Waals surface area (Å²) in [6.45, 7) is 3.88. The van der Waals surface area contributed by atoms with Crippen LogP contribution in [0, 0.1) is 24.1 Å². The van der Waals surface area contributed by atoms with Gasteiger partial charge in [0.15, 0.2) is 0 Å². The van der Waals surface area contributed by atoms with Gasteiger partial charge in [0.25, 0.3) is 0 Å². The number of nitriles is 1. The molecule has 0 saturated heterocycles. The first-order valence-electron chi connectivity index (χ1n) is 11.1. The van der Waals surface area contributed by atoms with E-state index in [2.05, 4.69) is 13.0 Å². The number of rotatable bonds is 4. The predicted molar refractivity (Wildman–Crippen MR) is 127 cm³/mol. The Hall–Kier alpha value is -4.57. The van der Waals surface area contributed by atoms with E-state index in [0.29, 0.717) is 28.0 Å². The number of benzene rings is 3. The third-order valence-corrected chi connectivity index (χ3v) is 6.20. The van der Waals surface area contributed by atoms with Crippen molar-refractivity contribution >= 4 is 16.9 Å². The lowest BCUT2D eigenvalue weighted by Crippen LogP contribution is -2.21. The second kappa shape index (κ2) is 8.65. The highest BCUT2D eigenvalue weighted by Crippen LogP contribution is 2.43. The van der Waals surface area contributed by atoms with Gasteiger partial charge in [0.1, 0.15) is 34.5 Å². The smallest absolute Gasteiger partial charge is 0.379 e. The first-order chi connectivity index (χ1) is 16.9. The number of nitrogens with two attached hydrogens (primary N) is 1. The van der Waals surface area contributed by atoms with E-state index in [1.54, 1.807) is 24.3 Å². The summed E-state index contributed by atoms with van der Waals surface area (Å²) in [5.41, 5.74) is 10.0. The number of allylic oxidation sites excluding steroid dienone is 1. The summed E-state index contributed by atoms with van der Waals surface area (Å²) in [7, 11) is 0. The van der Waals surface area contributed by atoms with Crippen LogP contribution in [0.2, 0.25) is 0 Å². The highest BCUT2D eigenvalue weighted by molar-refractivity contribution is 5.97. The molecule has 6 nitrogen and oxygen atoms in total. The number of furan rings is 1. The van der Waals surface area contributed by atoms with E-state index in [1.807, 2.05) is 25.1 Å². The van der Waals surface area contributed by atoms with Crippen molar-refractivity contribution < 1.29 is 23.1 Å². The summed E-state index contributed by atoms with van der Waals surface area (Å²) in [4.78, 5) is 12.9. The number of esters is 1. The Bertz CT molecular complexity index is 1540. The van der Waals surface area contributed by atoms with Crippen molar-refractivity contribution in [2.75, 3.05) is 0 Å². The average molecular weight is 468 g/mol. The zero-order valence-corrected chi connectivity index (χ0v) is 19.1. The molecule has 5 rings (SSSR count). The minimum atomic E-state index is -0.635. The van der Waals surface area contributed by atoms with Crippen molar-refractivity contribution in [2.24, 2.45) is 5.73 Å². The van der Waals surface area contributed by atoms with E-state index in [1.165, 1.54) is 18.2 Å². The van der Waals surface area contributed by atoms with Crippen molar-refractivity contribution in [1.29, 1.82) is 5.26 Å². The minimum Gasteiger partial charge on any atom is -0.449 e. The van der Waals surface area contributed by atoms with Crippen LogP contribution >= 0.6 is 0 Å². The van der Waals surface area contributed by atoms with Crippen molar-refractivity contribution in [3.8, 4) is 17.6 Å². The van der Waals surface area contributed by atoms with Gasteiger partial charge in [-0.05, 0) is 54.8 Å². The lowest BCUT2D eigenvalue weighted by molar-refractivity contribution is 0.0702. The third-order valence-electron chi connectivity index (χ3n) is 6.20. The van der Waals surface area contributed by atoms with Gasteiger partial charge in [0.2, 0.25) is 11.6 Å². The maximum absolute atomic E-state index is 13.5. The molecule has 0 spiro atoms. The molecule has 0 amide bonds. The Morgan fingerprint density at radius 3 is 2.63 bits per heavy atom. The normalized spacial score (nSPS) is 14.9. The molecule has 2 heterocycles. The Morgan fingerprint density at radius 1 is 1.14 bits per heavy atom. The first kappa shape index (κ1) is 22.2. The zero-order valence-electron chi connectivity index (χ0n) is 19.1. The second-order valence-corrected chi connectivity index (χ2v) is 8.31. The van der Waals surface area contributed by atoms with E-state index in [4.69, 9.17) is 19.6 Å². The molecule has 0 aliphatic carbocycles. The lowest BCUT2D eigenvalue weighted by Gasteiger charge is -2.26. The summed E-state index contributed by atoms with van der Waals surface area (Å²) >= 11 is 0. The van der Waals surface area contributed by atoms with Crippen molar-refractivity contribution in [3.63, 3.8) is 0 Å². The largest absolute Gasteiger partial charge is 0.449 e. The van der Waals surface area contributed by atoms with E-state index >= 15 is 0 Å². The van der Waals surface area contributed by atoms with E-state index < -0.39 is 11.9 Å². The topological polar surface area (TPSA) is 98.5 Å². The van der Waals surface area contributed by atoms with Crippen molar-refractivity contribution in [2.45, 2.75) is 26.2 Å². The lowest BCUT2D eigenvalue weighted by atomic mass is 9.83. The summed E-state index contributed by atoms with van der Waals surface area (Å²) in [5, 5.41) is 10.5.